The van der Waals surface area contributed by atoms with Gasteiger partial charge < -0.3 is 10.1 Å². The Labute approximate surface area is 193 Å². The van der Waals surface area contributed by atoms with E-state index in [2.05, 4.69) is 35.6 Å². The third kappa shape index (κ3) is 4.64. The second-order valence-corrected chi connectivity index (χ2v) is 9.18. The van der Waals surface area contributed by atoms with Gasteiger partial charge in [0.25, 0.3) is 0 Å². The van der Waals surface area contributed by atoms with Crippen LogP contribution < -0.4 is 10.1 Å². The molecule has 1 saturated carbocycles. The van der Waals surface area contributed by atoms with Crippen LogP contribution in [0.5, 0.6) is 5.75 Å². The summed E-state index contributed by atoms with van der Waals surface area (Å²) in [6, 6.07) is 7.95. The summed E-state index contributed by atoms with van der Waals surface area (Å²) in [5, 5.41) is 18.2. The van der Waals surface area contributed by atoms with Crippen LogP contribution in [0.2, 0.25) is 0 Å². The number of methoxy groups -OCH3 is 1. The summed E-state index contributed by atoms with van der Waals surface area (Å²) in [4.78, 5) is 19.8. The highest BCUT2D eigenvalue weighted by Crippen LogP contribution is 2.31. The van der Waals surface area contributed by atoms with Crippen LogP contribution in [0.25, 0.3) is 11.3 Å². The standard InChI is InChI=1S/C24H31N7O2/c1-15-26-23(30-28-15)20-13-31(14-21(20)27-24(32)16-6-3-4-7-16)12-18-11-25-29-22(18)17-8-5-9-19(10-17)33-2/h5,8-11,16,20-21H,3-4,6-7,12-14H2,1-2H3,(H,25,29)(H,27,32)(H,26,28,30)/t20-,21-/m1/s1. The predicted octanol–water partition coefficient (Wildman–Crippen LogP) is 2.79. The first-order valence-corrected chi connectivity index (χ1v) is 11.7. The number of likely N-dealkylation sites (tertiary alicyclic amines) is 1. The van der Waals surface area contributed by atoms with Gasteiger partial charge in [0, 0.05) is 36.7 Å². The topological polar surface area (TPSA) is 112 Å². The molecule has 0 unspecified atom stereocenters. The van der Waals surface area contributed by atoms with Crippen LogP contribution in [0.3, 0.4) is 0 Å². The summed E-state index contributed by atoms with van der Waals surface area (Å²) in [6.45, 7) is 4.15. The summed E-state index contributed by atoms with van der Waals surface area (Å²) in [5.41, 5.74) is 3.13. The highest BCUT2D eigenvalue weighted by atomic mass is 16.5. The van der Waals surface area contributed by atoms with Crippen molar-refractivity contribution in [2.45, 2.75) is 51.1 Å². The number of aromatic amines is 2. The lowest BCUT2D eigenvalue weighted by Crippen LogP contribution is -2.42. The molecule has 2 fully saturated rings. The Morgan fingerprint density at radius 1 is 1.24 bits per heavy atom. The fourth-order valence-corrected chi connectivity index (χ4v) is 5.14. The van der Waals surface area contributed by atoms with E-state index in [1.807, 2.05) is 37.4 Å². The van der Waals surface area contributed by atoms with Crippen molar-refractivity contribution in [3.8, 4) is 17.0 Å². The van der Waals surface area contributed by atoms with Crippen molar-refractivity contribution in [2.75, 3.05) is 20.2 Å². The third-order valence-electron chi connectivity index (χ3n) is 6.87. The molecular weight excluding hydrogens is 418 g/mol. The molecule has 3 aromatic rings. The monoisotopic (exact) mass is 449 g/mol. The van der Waals surface area contributed by atoms with E-state index in [1.54, 1.807) is 7.11 Å². The SMILES string of the molecule is COc1cccc(-c2[nH]ncc2CN2C[C@@H](NC(=O)C3CCCC3)[C@H](c3n[nH]c(C)n3)C2)c1. The fourth-order valence-electron chi connectivity index (χ4n) is 5.14. The van der Waals surface area contributed by atoms with E-state index in [9.17, 15) is 4.79 Å². The minimum atomic E-state index is -0.0135. The average molecular weight is 450 g/mol. The number of aryl methyl sites for hydroxylation is 1. The fraction of sp³-hybridized carbons (Fsp3) is 0.500. The van der Waals surface area contributed by atoms with E-state index < -0.39 is 0 Å². The maximum absolute atomic E-state index is 12.9. The van der Waals surface area contributed by atoms with E-state index >= 15 is 0 Å². The molecule has 174 valence electrons. The largest absolute Gasteiger partial charge is 0.497 e. The lowest BCUT2D eigenvalue weighted by atomic mass is 10.0. The van der Waals surface area contributed by atoms with Gasteiger partial charge in [-0.1, -0.05) is 25.0 Å². The number of rotatable bonds is 7. The van der Waals surface area contributed by atoms with Crippen LogP contribution in [0.4, 0.5) is 0 Å². The molecule has 9 nitrogen and oxygen atoms in total. The molecule has 0 spiro atoms. The van der Waals surface area contributed by atoms with Gasteiger partial charge in [-0.05, 0) is 31.9 Å². The van der Waals surface area contributed by atoms with Crippen LogP contribution in [-0.4, -0.2) is 62.4 Å². The molecule has 2 aromatic heterocycles. The minimum absolute atomic E-state index is 0.0135. The molecule has 3 N–H and O–H groups in total. The van der Waals surface area contributed by atoms with Crippen molar-refractivity contribution < 1.29 is 9.53 Å². The van der Waals surface area contributed by atoms with Gasteiger partial charge in [-0.15, -0.1) is 0 Å². The molecule has 1 aliphatic heterocycles. The molecule has 1 saturated heterocycles. The number of H-pyrrole nitrogens is 2. The third-order valence-corrected chi connectivity index (χ3v) is 6.87. The van der Waals surface area contributed by atoms with Crippen molar-refractivity contribution in [3.05, 3.63) is 47.7 Å². The maximum atomic E-state index is 12.9. The normalized spacial score (nSPS) is 21.5. The first kappa shape index (κ1) is 21.6. The zero-order chi connectivity index (χ0) is 22.8. The average Bonchev–Trinajstić information content (AvgIpc) is 3.62. The van der Waals surface area contributed by atoms with Crippen LogP contribution in [0, 0.1) is 12.8 Å². The van der Waals surface area contributed by atoms with E-state index in [1.165, 1.54) is 0 Å². The van der Waals surface area contributed by atoms with E-state index in [-0.39, 0.29) is 23.8 Å². The number of nitrogens with one attached hydrogen (secondary N) is 3. The summed E-state index contributed by atoms with van der Waals surface area (Å²) in [6.07, 6.45) is 6.15. The Morgan fingerprint density at radius 3 is 2.85 bits per heavy atom. The van der Waals surface area contributed by atoms with Crippen molar-refractivity contribution in [3.63, 3.8) is 0 Å². The smallest absolute Gasteiger partial charge is 0.223 e. The second-order valence-electron chi connectivity index (χ2n) is 9.18. The summed E-state index contributed by atoms with van der Waals surface area (Å²) in [7, 11) is 1.67. The first-order chi connectivity index (χ1) is 16.1. The predicted molar refractivity (Wildman–Crippen MR) is 124 cm³/mol. The minimum Gasteiger partial charge on any atom is -0.497 e. The van der Waals surface area contributed by atoms with Gasteiger partial charge in [0.05, 0.1) is 31.0 Å². The lowest BCUT2D eigenvalue weighted by molar-refractivity contribution is -0.125. The van der Waals surface area contributed by atoms with Crippen molar-refractivity contribution in [1.29, 1.82) is 0 Å². The zero-order valence-corrected chi connectivity index (χ0v) is 19.2. The molecule has 1 aromatic carbocycles. The van der Waals surface area contributed by atoms with Gasteiger partial charge >= 0.3 is 0 Å². The van der Waals surface area contributed by atoms with Gasteiger partial charge in [0.2, 0.25) is 5.91 Å². The van der Waals surface area contributed by atoms with Crippen molar-refractivity contribution in [1.82, 2.24) is 35.6 Å². The number of carbonyl (C=O) groups excluding carboxylic acids is 1. The van der Waals surface area contributed by atoms with Crippen LogP contribution in [0.1, 0.15) is 48.8 Å². The molecule has 33 heavy (non-hydrogen) atoms. The number of nitrogens with zero attached hydrogens (tertiary/aromatic N) is 4. The van der Waals surface area contributed by atoms with Crippen molar-refractivity contribution >= 4 is 5.91 Å². The Balaban J connectivity index is 1.34. The molecule has 3 heterocycles. The van der Waals surface area contributed by atoms with Crippen LogP contribution in [-0.2, 0) is 11.3 Å². The lowest BCUT2D eigenvalue weighted by Gasteiger charge is -2.20. The number of amides is 1. The molecule has 2 aliphatic rings. The van der Waals surface area contributed by atoms with Gasteiger partial charge in [0.1, 0.15) is 11.6 Å². The number of ether oxygens (including phenoxy) is 1. The summed E-state index contributed by atoms with van der Waals surface area (Å²) in [5.74, 6) is 2.74. The van der Waals surface area contributed by atoms with Gasteiger partial charge in [-0.25, -0.2) is 4.98 Å². The van der Waals surface area contributed by atoms with E-state index in [4.69, 9.17) is 4.74 Å². The second kappa shape index (κ2) is 9.35. The van der Waals surface area contributed by atoms with Crippen molar-refractivity contribution in [2.24, 2.45) is 5.92 Å². The number of carbonyl (C=O) groups is 1. The number of benzene rings is 1. The summed E-state index contributed by atoms with van der Waals surface area (Å²) >= 11 is 0. The molecule has 1 aliphatic carbocycles. The van der Waals surface area contributed by atoms with Crippen LogP contribution in [0.15, 0.2) is 30.5 Å². The van der Waals surface area contributed by atoms with Gasteiger partial charge in [0.15, 0.2) is 5.82 Å². The van der Waals surface area contributed by atoms with Crippen LogP contribution >= 0.6 is 0 Å². The Kier molecular flexibility index (Phi) is 6.13. The summed E-state index contributed by atoms with van der Waals surface area (Å²) < 4.78 is 5.38. The molecular formula is C24H31N7O2. The molecule has 0 bridgehead atoms. The number of aromatic nitrogens is 5. The van der Waals surface area contributed by atoms with Gasteiger partial charge in [-0.2, -0.15) is 10.2 Å². The number of hydrogen-bond donors (Lipinski definition) is 3. The quantitative estimate of drug-likeness (QED) is 0.511. The molecule has 0 radical (unpaired) electrons. The first-order valence-electron chi connectivity index (χ1n) is 11.7. The Morgan fingerprint density at radius 2 is 2.09 bits per heavy atom. The van der Waals surface area contributed by atoms with E-state index in [0.717, 1.165) is 79.5 Å². The highest BCUT2D eigenvalue weighted by molar-refractivity contribution is 5.79. The molecule has 2 atom stereocenters. The Hall–Kier alpha value is -3.20. The molecule has 5 rings (SSSR count). The van der Waals surface area contributed by atoms with Gasteiger partial charge in [-0.3, -0.25) is 19.9 Å². The highest BCUT2D eigenvalue weighted by Gasteiger charge is 2.38. The van der Waals surface area contributed by atoms with E-state index in [0.29, 0.717) is 0 Å². The zero-order valence-electron chi connectivity index (χ0n) is 19.2. The molecule has 9 heteroatoms. The Bertz CT molecular complexity index is 1100. The number of hydrogen-bond acceptors (Lipinski definition) is 6. The molecule has 1 amide bonds. The maximum Gasteiger partial charge on any atom is 0.223 e.